The highest BCUT2D eigenvalue weighted by molar-refractivity contribution is 7.48. The van der Waals surface area contributed by atoms with E-state index in [9.17, 15) is 34.0 Å². The van der Waals surface area contributed by atoms with Gasteiger partial charge in [0, 0.05) is 42.9 Å². The van der Waals surface area contributed by atoms with Crippen LogP contribution in [0.5, 0.6) is 0 Å². The van der Waals surface area contributed by atoms with Crippen LogP contribution >= 0.6 is 7.82 Å². The molecule has 0 radical (unpaired) electrons. The number of fused-ring (bicyclic) bond motifs is 3. The Morgan fingerprint density at radius 2 is 2.02 bits per heavy atom. The molecule has 0 aliphatic carbocycles. The monoisotopic (exact) mass is 715 g/mol. The molecule has 6 atom stereocenters. The second kappa shape index (κ2) is 13.6. The minimum Gasteiger partial charge on any atom is -0.481 e. The normalized spacial score (nSPS) is 24.0. The maximum absolute atomic E-state index is 13.8. The number of carboxylic acid groups (broad SMARTS) is 2. The van der Waals surface area contributed by atoms with Crippen LogP contribution in [-0.4, -0.2) is 97.7 Å². The number of carbonyl (C=O) groups excluding carboxylic acids is 1. The predicted molar refractivity (Wildman–Crippen MR) is 171 cm³/mol. The van der Waals surface area contributed by atoms with Crippen molar-refractivity contribution in [1.82, 2.24) is 24.8 Å². The van der Waals surface area contributed by atoms with Crippen LogP contribution in [0.1, 0.15) is 23.8 Å². The summed E-state index contributed by atoms with van der Waals surface area (Å²) < 4.78 is 43.5. The Balaban J connectivity index is 1.26. The fraction of sp³-hybridized carbons (Fsp3) is 0.345. The molecule has 21 heteroatoms. The number of nitrogens with zero attached hydrogens (tertiary/aromatic N) is 5. The number of carboxylic acids is 2. The van der Waals surface area contributed by atoms with Crippen molar-refractivity contribution in [1.29, 1.82) is 0 Å². The summed E-state index contributed by atoms with van der Waals surface area (Å²) in [6.45, 7) is -0.893. The van der Waals surface area contributed by atoms with Crippen molar-refractivity contribution in [2.45, 2.75) is 43.6 Å². The van der Waals surface area contributed by atoms with E-state index >= 15 is 0 Å². The number of aromatic nitrogens is 4. The predicted octanol–water partition coefficient (Wildman–Crippen LogP) is 0.637. The molecule has 1 aromatic carbocycles. The van der Waals surface area contributed by atoms with Gasteiger partial charge in [0.1, 0.15) is 41.8 Å². The SMILES string of the molecule is CN(C)c1ccc2c(COP3(=O)OC[C@H]4O[C@@H](n5cnc6c(N)ncnc65)[C@H](O)[C@@H]4O3)c(/C=C/C(=O)N[C@H](CC(=O)O)C(=O)O)c(=O)oc2c1. The Hall–Kier alpha value is -5.24. The first-order chi connectivity index (χ1) is 23.7. The van der Waals surface area contributed by atoms with E-state index in [0.717, 1.165) is 12.2 Å². The fourth-order valence-corrected chi connectivity index (χ4v) is 6.82. The first-order valence-electron chi connectivity index (χ1n) is 14.8. The van der Waals surface area contributed by atoms with E-state index in [1.165, 1.54) is 17.2 Å². The number of rotatable bonds is 11. The number of amides is 1. The van der Waals surface area contributed by atoms with Crippen molar-refractivity contribution in [3.8, 4) is 0 Å². The average Bonchev–Trinajstić information content (AvgIpc) is 3.63. The lowest BCUT2D eigenvalue weighted by Crippen LogP contribution is -2.41. The van der Waals surface area contributed by atoms with Gasteiger partial charge < -0.3 is 40.4 Å². The summed E-state index contributed by atoms with van der Waals surface area (Å²) in [7, 11) is -0.896. The summed E-state index contributed by atoms with van der Waals surface area (Å²) >= 11 is 0. The van der Waals surface area contributed by atoms with Gasteiger partial charge in [-0.05, 0) is 18.2 Å². The van der Waals surface area contributed by atoms with E-state index in [4.69, 9.17) is 33.6 Å². The van der Waals surface area contributed by atoms with Crippen molar-refractivity contribution in [3.05, 3.63) is 58.5 Å². The summed E-state index contributed by atoms with van der Waals surface area (Å²) in [6.07, 6.45) is -0.996. The molecule has 20 nitrogen and oxygen atoms in total. The van der Waals surface area contributed by atoms with Crippen LogP contribution in [0.15, 0.2) is 46.1 Å². The summed E-state index contributed by atoms with van der Waals surface area (Å²) in [6, 6.07) is 3.15. The van der Waals surface area contributed by atoms with Gasteiger partial charge >= 0.3 is 25.4 Å². The van der Waals surface area contributed by atoms with Gasteiger partial charge in [0.05, 0.1) is 31.5 Å². The maximum Gasteiger partial charge on any atom is 0.475 e. The third-order valence-electron chi connectivity index (χ3n) is 7.93. The van der Waals surface area contributed by atoms with Crippen molar-refractivity contribution >= 4 is 65.4 Å². The molecule has 5 heterocycles. The van der Waals surface area contributed by atoms with Crippen LogP contribution in [0.3, 0.4) is 0 Å². The zero-order valence-corrected chi connectivity index (χ0v) is 27.1. The van der Waals surface area contributed by atoms with Gasteiger partial charge in [-0.1, -0.05) is 0 Å². The Morgan fingerprint density at radius 3 is 2.74 bits per heavy atom. The summed E-state index contributed by atoms with van der Waals surface area (Å²) in [5.74, 6) is -3.93. The number of nitrogens with two attached hydrogens (primary N) is 1. The quantitative estimate of drug-likeness (QED) is 0.0809. The lowest BCUT2D eigenvalue weighted by Gasteiger charge is -2.30. The van der Waals surface area contributed by atoms with Crippen molar-refractivity contribution in [3.63, 3.8) is 0 Å². The van der Waals surface area contributed by atoms with Crippen LogP contribution in [-0.2, 0) is 43.9 Å². The molecule has 2 aliphatic heterocycles. The van der Waals surface area contributed by atoms with Gasteiger partial charge in [-0.2, -0.15) is 0 Å². The molecule has 2 saturated heterocycles. The molecule has 1 unspecified atom stereocenters. The smallest absolute Gasteiger partial charge is 0.475 e. The Bertz CT molecular complexity index is 2130. The van der Waals surface area contributed by atoms with Crippen molar-refractivity contribution in [2.24, 2.45) is 0 Å². The molecule has 0 bridgehead atoms. The number of nitrogens with one attached hydrogen (secondary N) is 1. The summed E-state index contributed by atoms with van der Waals surface area (Å²) in [5, 5.41) is 31.8. The molecular weight excluding hydrogens is 685 g/mol. The van der Waals surface area contributed by atoms with E-state index in [1.807, 2.05) is 5.32 Å². The van der Waals surface area contributed by atoms with Crippen LogP contribution in [0, 0.1) is 0 Å². The zero-order chi connectivity index (χ0) is 35.9. The van der Waals surface area contributed by atoms with Gasteiger partial charge in [-0.15, -0.1) is 0 Å². The minimum atomic E-state index is -4.44. The second-order valence-electron chi connectivity index (χ2n) is 11.4. The Labute approximate surface area is 280 Å². The van der Waals surface area contributed by atoms with Crippen LogP contribution in [0.2, 0.25) is 0 Å². The number of anilines is 2. The molecule has 2 fully saturated rings. The third-order valence-corrected chi connectivity index (χ3v) is 9.35. The molecular formula is C29H30N7O13P. The van der Waals surface area contributed by atoms with E-state index < -0.39 is 74.9 Å². The molecule has 6 N–H and O–H groups in total. The van der Waals surface area contributed by atoms with Crippen LogP contribution < -0.4 is 21.6 Å². The second-order valence-corrected chi connectivity index (χ2v) is 13.0. The number of benzene rings is 1. The number of hydrogen-bond donors (Lipinski definition) is 5. The first-order valence-corrected chi connectivity index (χ1v) is 16.2. The molecule has 3 aromatic heterocycles. The van der Waals surface area contributed by atoms with Gasteiger partial charge in [-0.3, -0.25) is 27.7 Å². The molecule has 264 valence electrons. The van der Waals surface area contributed by atoms with Gasteiger partial charge in [0.15, 0.2) is 17.7 Å². The van der Waals surface area contributed by atoms with Gasteiger partial charge in [-0.25, -0.2) is 29.1 Å². The number of imidazole rings is 1. The molecule has 6 rings (SSSR count). The molecule has 1 amide bonds. The third kappa shape index (κ3) is 6.79. The molecule has 0 saturated carbocycles. The van der Waals surface area contributed by atoms with E-state index in [0.29, 0.717) is 11.1 Å². The average molecular weight is 716 g/mol. The standard InChI is InChI=1S/C29H30N7O13P/c1-35(2)13-3-4-14-16(15(29(43)48-18(14)7-13)5-6-20(37)34-17(28(41)42)8-21(38)39)9-45-50(44)46-10-19-24(49-50)23(40)27(47-19)36-12-33-22-25(30)31-11-32-26(22)36/h3-7,11-12,17,19,23-24,27,40H,8-10H2,1-2H3,(H,34,37)(H,38,39)(H,41,42)(H2,30,31,32)/b6-5+/t17-,19-,23-,24-,27-,50?/m1/s1. The van der Waals surface area contributed by atoms with Crippen molar-refractivity contribution in [2.75, 3.05) is 31.3 Å². The number of aliphatic hydroxyl groups is 1. The van der Waals surface area contributed by atoms with Gasteiger partial charge in [0.2, 0.25) is 5.91 Å². The Kier molecular flexibility index (Phi) is 9.40. The number of phosphoric acid groups is 1. The van der Waals surface area contributed by atoms with E-state index in [2.05, 4.69) is 15.0 Å². The zero-order valence-electron chi connectivity index (χ0n) is 26.2. The number of carbonyl (C=O) groups is 3. The van der Waals surface area contributed by atoms with Crippen molar-refractivity contribution < 1.29 is 57.0 Å². The minimum absolute atomic E-state index is 0.0960. The van der Waals surface area contributed by atoms with E-state index in [1.54, 1.807) is 37.2 Å². The topological polar surface area (TPSA) is 281 Å². The summed E-state index contributed by atoms with van der Waals surface area (Å²) in [4.78, 5) is 62.2. The lowest BCUT2D eigenvalue weighted by atomic mass is 10.0. The molecule has 50 heavy (non-hydrogen) atoms. The lowest BCUT2D eigenvalue weighted by molar-refractivity contribution is -0.146. The Morgan fingerprint density at radius 1 is 1.24 bits per heavy atom. The van der Waals surface area contributed by atoms with E-state index in [-0.39, 0.29) is 40.3 Å². The van der Waals surface area contributed by atoms with Crippen LogP contribution in [0.4, 0.5) is 11.5 Å². The van der Waals surface area contributed by atoms with Gasteiger partial charge in [0.25, 0.3) is 0 Å². The first kappa shape index (κ1) is 34.6. The number of aliphatic carboxylic acids is 2. The summed E-state index contributed by atoms with van der Waals surface area (Å²) in [5.41, 5.74) is 6.17. The highest BCUT2D eigenvalue weighted by atomic mass is 31.2. The fourth-order valence-electron chi connectivity index (χ4n) is 5.45. The van der Waals surface area contributed by atoms with Crippen LogP contribution in [0.25, 0.3) is 28.2 Å². The highest BCUT2D eigenvalue weighted by Gasteiger charge is 2.53. The largest absolute Gasteiger partial charge is 0.481 e. The molecule has 2 aliphatic rings. The molecule has 0 spiro atoms. The number of phosphoric ester groups is 1. The highest BCUT2D eigenvalue weighted by Crippen LogP contribution is 2.57. The maximum atomic E-state index is 13.8. The number of aliphatic hydroxyl groups excluding tert-OH is 1. The number of nitrogen functional groups attached to an aromatic ring is 1. The number of hydrogen-bond acceptors (Lipinski definition) is 16. The number of ether oxygens (including phenoxy) is 1. The molecule has 4 aromatic rings.